The number of carbonyl (C=O) groups excluding carboxylic acids is 2. The Morgan fingerprint density at radius 1 is 0.864 bits per heavy atom. The minimum atomic E-state index is -4.24. The highest BCUT2D eigenvalue weighted by atomic mass is 79.9. The Bertz CT molecular complexity index is 1700. The number of hydrogen-bond acceptors (Lipinski definition) is 5. The third-order valence-corrected chi connectivity index (χ3v) is 9.58. The van der Waals surface area contributed by atoms with Gasteiger partial charge >= 0.3 is 0 Å². The molecular formula is C34H36BrN3O5S. The first kappa shape index (κ1) is 32.8. The third-order valence-electron chi connectivity index (χ3n) is 7.27. The largest absolute Gasteiger partial charge is 0.495 e. The molecule has 4 aromatic carbocycles. The fourth-order valence-electron chi connectivity index (χ4n) is 4.85. The summed E-state index contributed by atoms with van der Waals surface area (Å²) in [6.07, 6.45) is 0.237. The molecule has 2 amide bonds. The number of nitrogens with one attached hydrogen (secondary N) is 1. The van der Waals surface area contributed by atoms with Crippen molar-refractivity contribution in [3.8, 4) is 5.75 Å². The monoisotopic (exact) mass is 677 g/mol. The maximum atomic E-state index is 14.5. The summed E-state index contributed by atoms with van der Waals surface area (Å²) in [5, 5.41) is 2.70. The third kappa shape index (κ3) is 7.86. The van der Waals surface area contributed by atoms with Crippen molar-refractivity contribution < 1.29 is 22.7 Å². The van der Waals surface area contributed by atoms with Crippen LogP contribution >= 0.6 is 15.9 Å². The minimum absolute atomic E-state index is 0.0334. The van der Waals surface area contributed by atoms with Gasteiger partial charge in [0.25, 0.3) is 10.0 Å². The number of carbonyl (C=O) groups is 2. The van der Waals surface area contributed by atoms with Crippen LogP contribution in [0.25, 0.3) is 0 Å². The van der Waals surface area contributed by atoms with Gasteiger partial charge in [-0.3, -0.25) is 13.9 Å². The highest BCUT2D eigenvalue weighted by molar-refractivity contribution is 9.10. The molecule has 4 rings (SSSR count). The van der Waals surface area contributed by atoms with E-state index in [0.717, 1.165) is 31.0 Å². The Balaban J connectivity index is 1.83. The van der Waals surface area contributed by atoms with Gasteiger partial charge in [-0.1, -0.05) is 82.2 Å². The van der Waals surface area contributed by atoms with Crippen molar-refractivity contribution in [2.75, 3.05) is 25.0 Å². The maximum Gasteiger partial charge on any atom is 0.264 e. The fourth-order valence-corrected chi connectivity index (χ4v) is 6.53. The number of ether oxygens (including phenoxy) is 1. The molecule has 4 aromatic rings. The van der Waals surface area contributed by atoms with E-state index in [9.17, 15) is 18.0 Å². The zero-order chi connectivity index (χ0) is 31.9. The van der Waals surface area contributed by atoms with Crippen molar-refractivity contribution in [2.45, 2.75) is 37.8 Å². The second-order valence-electron chi connectivity index (χ2n) is 10.5. The summed E-state index contributed by atoms with van der Waals surface area (Å²) >= 11 is 3.44. The van der Waals surface area contributed by atoms with Gasteiger partial charge in [-0.05, 0) is 66.9 Å². The van der Waals surface area contributed by atoms with Crippen LogP contribution in [0.1, 0.15) is 22.3 Å². The van der Waals surface area contributed by atoms with E-state index in [0.29, 0.717) is 5.75 Å². The highest BCUT2D eigenvalue weighted by Crippen LogP contribution is 2.34. The molecule has 0 aliphatic carbocycles. The molecular weight excluding hydrogens is 642 g/mol. The molecule has 0 bridgehead atoms. The van der Waals surface area contributed by atoms with Crippen LogP contribution in [0.3, 0.4) is 0 Å². The molecule has 0 heterocycles. The Morgan fingerprint density at radius 2 is 1.50 bits per heavy atom. The zero-order valence-corrected chi connectivity index (χ0v) is 27.6. The molecule has 0 saturated carbocycles. The smallest absolute Gasteiger partial charge is 0.264 e. The van der Waals surface area contributed by atoms with Gasteiger partial charge in [-0.2, -0.15) is 0 Å². The Hall–Kier alpha value is -4.15. The number of rotatable bonds is 12. The van der Waals surface area contributed by atoms with Crippen molar-refractivity contribution in [2.24, 2.45) is 0 Å². The topological polar surface area (TPSA) is 96.0 Å². The summed E-state index contributed by atoms with van der Waals surface area (Å²) in [5.41, 5.74) is 3.56. The lowest BCUT2D eigenvalue weighted by Crippen LogP contribution is -2.53. The van der Waals surface area contributed by atoms with Crippen LogP contribution in [0, 0.1) is 13.8 Å². The van der Waals surface area contributed by atoms with E-state index >= 15 is 0 Å². The van der Waals surface area contributed by atoms with E-state index in [2.05, 4.69) is 21.2 Å². The number of anilines is 1. The molecule has 10 heteroatoms. The first-order chi connectivity index (χ1) is 21.0. The molecule has 1 atom stereocenters. The summed E-state index contributed by atoms with van der Waals surface area (Å²) < 4.78 is 36.0. The molecule has 44 heavy (non-hydrogen) atoms. The summed E-state index contributed by atoms with van der Waals surface area (Å²) in [5.74, 6) is -0.609. The Morgan fingerprint density at radius 3 is 2.11 bits per heavy atom. The maximum absolute atomic E-state index is 14.5. The SMILES string of the molecule is CNC(=O)C(Cc1ccccc1)N(Cc1ccc(Br)cc1)C(=O)CN(c1cc(C)ccc1OC)S(=O)(=O)c1ccc(C)cc1. The van der Waals surface area contributed by atoms with Crippen molar-refractivity contribution >= 4 is 43.5 Å². The molecule has 1 N–H and O–H groups in total. The Labute approximate surface area is 267 Å². The van der Waals surface area contributed by atoms with Crippen molar-refractivity contribution in [3.05, 3.63) is 124 Å². The van der Waals surface area contributed by atoms with Crippen molar-refractivity contribution in [3.63, 3.8) is 0 Å². The molecule has 0 radical (unpaired) electrons. The van der Waals surface area contributed by atoms with Gasteiger partial charge in [-0.15, -0.1) is 0 Å². The van der Waals surface area contributed by atoms with Crippen LogP contribution < -0.4 is 14.4 Å². The zero-order valence-electron chi connectivity index (χ0n) is 25.2. The minimum Gasteiger partial charge on any atom is -0.495 e. The van der Waals surface area contributed by atoms with Crippen LogP contribution in [0.15, 0.2) is 106 Å². The standard InChI is InChI=1S/C34H36BrN3O5S/c1-24-10-17-29(18-11-24)44(41,42)38(30-20-25(2)12-19-32(30)43-4)23-33(39)37(22-27-13-15-28(35)16-14-27)31(34(40)36-3)21-26-8-6-5-7-9-26/h5-20,31H,21-23H2,1-4H3,(H,36,40). The van der Waals surface area contributed by atoms with Gasteiger partial charge < -0.3 is 15.0 Å². The fraction of sp³-hybridized carbons (Fsp3) is 0.235. The molecule has 8 nitrogen and oxygen atoms in total. The molecule has 1 unspecified atom stereocenters. The van der Waals surface area contributed by atoms with E-state index < -0.39 is 28.5 Å². The summed E-state index contributed by atoms with van der Waals surface area (Å²) in [7, 11) is -1.26. The lowest BCUT2D eigenvalue weighted by Gasteiger charge is -2.34. The lowest BCUT2D eigenvalue weighted by atomic mass is 10.0. The second-order valence-corrected chi connectivity index (χ2v) is 13.2. The molecule has 0 saturated heterocycles. The first-order valence-corrected chi connectivity index (χ1v) is 16.3. The molecule has 0 spiro atoms. The van der Waals surface area contributed by atoms with Crippen LogP contribution in [-0.4, -0.2) is 51.9 Å². The van der Waals surface area contributed by atoms with E-state index in [1.165, 1.54) is 31.2 Å². The van der Waals surface area contributed by atoms with Crippen molar-refractivity contribution in [1.82, 2.24) is 10.2 Å². The van der Waals surface area contributed by atoms with Gasteiger partial charge in [0.05, 0.1) is 17.7 Å². The molecule has 0 fully saturated rings. The number of methoxy groups -OCH3 is 1. The summed E-state index contributed by atoms with van der Waals surface area (Å²) in [6.45, 7) is 3.23. The van der Waals surface area contributed by atoms with Crippen molar-refractivity contribution in [1.29, 1.82) is 0 Å². The average molecular weight is 679 g/mol. The molecule has 0 aliphatic rings. The van der Waals surface area contributed by atoms with Gasteiger partial charge in [0, 0.05) is 24.5 Å². The number of hydrogen-bond donors (Lipinski definition) is 1. The number of likely N-dealkylation sites (N-methyl/N-ethyl adjacent to an activating group) is 1. The first-order valence-electron chi connectivity index (χ1n) is 14.1. The number of amides is 2. The number of sulfonamides is 1. The van der Waals surface area contributed by atoms with Crippen LogP contribution in [0.5, 0.6) is 5.75 Å². The van der Waals surface area contributed by atoms with E-state index in [1.807, 2.05) is 74.5 Å². The predicted octanol–water partition coefficient (Wildman–Crippen LogP) is 5.66. The quantitative estimate of drug-likeness (QED) is 0.209. The van der Waals surface area contributed by atoms with Crippen LogP contribution in [0.4, 0.5) is 5.69 Å². The van der Waals surface area contributed by atoms with Gasteiger partial charge in [0.1, 0.15) is 18.3 Å². The number of nitrogens with zero attached hydrogens (tertiary/aromatic N) is 2. The van der Waals surface area contributed by atoms with Crippen LogP contribution in [0.2, 0.25) is 0 Å². The lowest BCUT2D eigenvalue weighted by molar-refractivity contribution is -0.139. The molecule has 0 aromatic heterocycles. The summed E-state index contributed by atoms with van der Waals surface area (Å²) in [6, 6.07) is 27.6. The number of benzene rings is 4. The highest BCUT2D eigenvalue weighted by Gasteiger charge is 2.35. The Kier molecular flexibility index (Phi) is 10.8. The second kappa shape index (κ2) is 14.5. The molecule has 0 aliphatic heterocycles. The summed E-state index contributed by atoms with van der Waals surface area (Å²) in [4.78, 5) is 29.3. The number of aryl methyl sites for hydroxylation is 2. The number of halogens is 1. The molecule has 230 valence electrons. The van der Waals surface area contributed by atoms with E-state index in [4.69, 9.17) is 4.74 Å². The van der Waals surface area contributed by atoms with E-state index in [-0.39, 0.29) is 29.5 Å². The predicted molar refractivity (Wildman–Crippen MR) is 176 cm³/mol. The average Bonchev–Trinajstić information content (AvgIpc) is 3.02. The van der Waals surface area contributed by atoms with Gasteiger partial charge in [0.15, 0.2) is 0 Å². The van der Waals surface area contributed by atoms with E-state index in [1.54, 1.807) is 24.3 Å². The van der Waals surface area contributed by atoms with Gasteiger partial charge in [0.2, 0.25) is 11.8 Å². The normalized spacial score (nSPS) is 11.8. The van der Waals surface area contributed by atoms with Crippen LogP contribution in [-0.2, 0) is 32.6 Å². The van der Waals surface area contributed by atoms with Gasteiger partial charge in [-0.25, -0.2) is 8.42 Å².